The molecule has 1 aromatic heterocycles. The number of hydrogen-bond donors (Lipinski definition) is 1. The predicted molar refractivity (Wildman–Crippen MR) is 115 cm³/mol. The van der Waals surface area contributed by atoms with E-state index in [1.807, 2.05) is 42.5 Å². The quantitative estimate of drug-likeness (QED) is 0.642. The van der Waals surface area contributed by atoms with Crippen LogP contribution < -0.4 is 10.1 Å². The van der Waals surface area contributed by atoms with E-state index in [4.69, 9.17) is 4.74 Å². The maximum atomic E-state index is 14.0. The molecule has 1 amide bonds. The SMILES string of the molecule is C=C(C(=O)Nc1cnc(OC)c(/C=C/C2CCC(C)(F)CC2)c1)c1ccccc1. The first-order chi connectivity index (χ1) is 13.9. The van der Waals surface area contributed by atoms with Crippen molar-refractivity contribution in [1.82, 2.24) is 4.98 Å². The highest BCUT2D eigenvalue weighted by molar-refractivity contribution is 6.24. The van der Waals surface area contributed by atoms with Crippen LogP contribution in [0.2, 0.25) is 0 Å². The van der Waals surface area contributed by atoms with Gasteiger partial charge in [0.25, 0.3) is 5.91 Å². The molecule has 0 aliphatic heterocycles. The van der Waals surface area contributed by atoms with Crippen LogP contribution in [-0.2, 0) is 4.79 Å². The summed E-state index contributed by atoms with van der Waals surface area (Å²) in [6.45, 7) is 5.56. The zero-order valence-corrected chi connectivity index (χ0v) is 17.0. The molecule has 1 aromatic carbocycles. The molecule has 1 N–H and O–H groups in total. The summed E-state index contributed by atoms with van der Waals surface area (Å²) < 4.78 is 19.3. The summed E-state index contributed by atoms with van der Waals surface area (Å²) in [5.41, 5.74) is 1.44. The van der Waals surface area contributed by atoms with Crippen molar-refractivity contribution in [2.75, 3.05) is 12.4 Å². The number of benzene rings is 1. The van der Waals surface area contributed by atoms with Crippen molar-refractivity contribution in [1.29, 1.82) is 0 Å². The van der Waals surface area contributed by atoms with Crippen LogP contribution in [0.3, 0.4) is 0 Å². The highest BCUT2D eigenvalue weighted by Crippen LogP contribution is 2.35. The summed E-state index contributed by atoms with van der Waals surface area (Å²) in [4.78, 5) is 16.8. The largest absolute Gasteiger partial charge is 0.481 e. The van der Waals surface area contributed by atoms with E-state index >= 15 is 0 Å². The minimum atomic E-state index is -1.05. The van der Waals surface area contributed by atoms with E-state index in [0.717, 1.165) is 24.0 Å². The van der Waals surface area contributed by atoms with E-state index in [9.17, 15) is 9.18 Å². The smallest absolute Gasteiger partial charge is 0.255 e. The number of ether oxygens (including phenoxy) is 1. The zero-order valence-electron chi connectivity index (χ0n) is 17.0. The standard InChI is InChI=1S/C24H27FN2O2/c1-17(19-7-5-4-6-8-19)22(28)27-21-15-20(23(29-3)26-16-21)10-9-18-11-13-24(2,25)14-12-18/h4-10,15-16,18H,1,11-14H2,2-3H3,(H,27,28)/b10-9+. The Hall–Kier alpha value is -2.95. The van der Waals surface area contributed by atoms with Gasteiger partial charge in [-0.1, -0.05) is 49.1 Å². The lowest BCUT2D eigenvalue weighted by molar-refractivity contribution is -0.111. The number of nitrogens with zero attached hydrogens (tertiary/aromatic N) is 1. The second kappa shape index (κ2) is 9.03. The fourth-order valence-corrected chi connectivity index (χ4v) is 3.48. The van der Waals surface area contributed by atoms with Gasteiger partial charge in [-0.2, -0.15) is 0 Å². The van der Waals surface area contributed by atoms with Crippen LogP contribution in [0, 0.1) is 5.92 Å². The van der Waals surface area contributed by atoms with Gasteiger partial charge in [0, 0.05) is 11.1 Å². The van der Waals surface area contributed by atoms with Gasteiger partial charge in [0.2, 0.25) is 5.88 Å². The monoisotopic (exact) mass is 394 g/mol. The van der Waals surface area contributed by atoms with Crippen molar-refractivity contribution >= 4 is 23.2 Å². The molecule has 0 radical (unpaired) electrons. The molecule has 2 aromatic rings. The Balaban J connectivity index is 1.71. The number of pyridine rings is 1. The number of aromatic nitrogens is 1. The molecule has 1 heterocycles. The topological polar surface area (TPSA) is 51.2 Å². The van der Waals surface area contributed by atoms with Gasteiger partial charge in [0.15, 0.2) is 0 Å². The van der Waals surface area contributed by atoms with Crippen LogP contribution in [0.25, 0.3) is 11.6 Å². The molecule has 5 heteroatoms. The van der Waals surface area contributed by atoms with E-state index in [0.29, 0.717) is 35.9 Å². The number of amides is 1. The molecule has 0 bridgehead atoms. The van der Waals surface area contributed by atoms with Crippen LogP contribution in [0.1, 0.15) is 43.7 Å². The Morgan fingerprint density at radius 3 is 2.66 bits per heavy atom. The molecule has 0 atom stereocenters. The fraction of sp³-hybridized carbons (Fsp3) is 0.333. The van der Waals surface area contributed by atoms with E-state index in [1.165, 1.54) is 0 Å². The average Bonchev–Trinajstić information content (AvgIpc) is 2.73. The van der Waals surface area contributed by atoms with Gasteiger partial charge >= 0.3 is 0 Å². The first kappa shape index (κ1) is 20.8. The number of anilines is 1. The third kappa shape index (κ3) is 5.53. The Morgan fingerprint density at radius 2 is 2.00 bits per heavy atom. The molecule has 0 spiro atoms. The van der Waals surface area contributed by atoms with Crippen LogP contribution in [-0.4, -0.2) is 23.7 Å². The van der Waals surface area contributed by atoms with Crippen LogP contribution in [0.4, 0.5) is 10.1 Å². The number of rotatable bonds is 6. The number of halogens is 1. The number of methoxy groups -OCH3 is 1. The third-order valence-electron chi connectivity index (χ3n) is 5.35. The first-order valence-corrected chi connectivity index (χ1v) is 9.85. The number of hydrogen-bond acceptors (Lipinski definition) is 3. The number of carbonyl (C=O) groups is 1. The third-order valence-corrected chi connectivity index (χ3v) is 5.35. The summed E-state index contributed by atoms with van der Waals surface area (Å²) in [6, 6.07) is 11.1. The van der Waals surface area contributed by atoms with Gasteiger partial charge in [-0.15, -0.1) is 0 Å². The lowest BCUT2D eigenvalue weighted by Gasteiger charge is -2.29. The van der Waals surface area contributed by atoms with Crippen LogP contribution in [0.15, 0.2) is 55.3 Å². The predicted octanol–water partition coefficient (Wildman–Crippen LogP) is 5.67. The van der Waals surface area contributed by atoms with E-state index < -0.39 is 5.67 Å². The Bertz CT molecular complexity index is 896. The van der Waals surface area contributed by atoms with Gasteiger partial charge in [-0.3, -0.25) is 4.79 Å². The molecule has 4 nitrogen and oxygen atoms in total. The number of carbonyl (C=O) groups excluding carboxylic acids is 1. The molecule has 1 saturated carbocycles. The lowest BCUT2D eigenvalue weighted by atomic mass is 9.81. The highest BCUT2D eigenvalue weighted by atomic mass is 19.1. The van der Waals surface area contributed by atoms with Crippen molar-refractivity contribution in [3.8, 4) is 5.88 Å². The molecule has 152 valence electrons. The summed E-state index contributed by atoms with van der Waals surface area (Å²) in [7, 11) is 1.56. The maximum absolute atomic E-state index is 14.0. The molecule has 0 unspecified atom stereocenters. The van der Waals surface area contributed by atoms with Gasteiger partial charge in [-0.05, 0) is 50.2 Å². The lowest BCUT2D eigenvalue weighted by Crippen LogP contribution is -2.25. The van der Waals surface area contributed by atoms with Crippen LogP contribution in [0.5, 0.6) is 5.88 Å². The maximum Gasteiger partial charge on any atom is 0.255 e. The molecular weight excluding hydrogens is 367 g/mol. The Morgan fingerprint density at radius 1 is 1.31 bits per heavy atom. The Kier molecular flexibility index (Phi) is 6.47. The second-order valence-corrected chi connectivity index (χ2v) is 7.73. The van der Waals surface area contributed by atoms with Crippen molar-refractivity contribution in [2.45, 2.75) is 38.3 Å². The van der Waals surface area contributed by atoms with E-state index in [2.05, 4.69) is 23.0 Å². The molecule has 3 rings (SSSR count). The molecule has 1 aliphatic carbocycles. The summed E-state index contributed by atoms with van der Waals surface area (Å²) in [5.74, 6) is 0.527. The highest BCUT2D eigenvalue weighted by Gasteiger charge is 2.29. The van der Waals surface area contributed by atoms with Crippen LogP contribution >= 0.6 is 0 Å². The normalized spacial score (nSPS) is 21.7. The van der Waals surface area contributed by atoms with Gasteiger partial charge in [-0.25, -0.2) is 9.37 Å². The van der Waals surface area contributed by atoms with Crippen molar-refractivity contribution in [3.05, 3.63) is 66.4 Å². The van der Waals surface area contributed by atoms with Gasteiger partial charge in [0.1, 0.15) is 5.67 Å². The molecular formula is C24H27FN2O2. The fourth-order valence-electron chi connectivity index (χ4n) is 3.48. The number of allylic oxidation sites excluding steroid dienone is 1. The van der Waals surface area contributed by atoms with Crippen molar-refractivity contribution in [3.63, 3.8) is 0 Å². The van der Waals surface area contributed by atoms with Gasteiger partial charge < -0.3 is 10.1 Å². The van der Waals surface area contributed by atoms with Crippen molar-refractivity contribution in [2.24, 2.45) is 5.92 Å². The van der Waals surface area contributed by atoms with E-state index in [1.54, 1.807) is 20.2 Å². The molecule has 0 saturated heterocycles. The minimum Gasteiger partial charge on any atom is -0.481 e. The summed E-state index contributed by atoms with van der Waals surface area (Å²) in [5, 5.41) is 2.84. The summed E-state index contributed by atoms with van der Waals surface area (Å²) >= 11 is 0. The van der Waals surface area contributed by atoms with Gasteiger partial charge in [0.05, 0.1) is 19.0 Å². The molecule has 1 aliphatic rings. The first-order valence-electron chi connectivity index (χ1n) is 9.85. The van der Waals surface area contributed by atoms with Crippen molar-refractivity contribution < 1.29 is 13.9 Å². The summed E-state index contributed by atoms with van der Waals surface area (Å²) in [6.07, 6.45) is 8.40. The molecule has 29 heavy (non-hydrogen) atoms. The molecule has 1 fully saturated rings. The number of alkyl halides is 1. The average molecular weight is 394 g/mol. The second-order valence-electron chi connectivity index (χ2n) is 7.73. The number of nitrogens with one attached hydrogen (secondary N) is 1. The Labute approximate surface area is 171 Å². The minimum absolute atomic E-state index is 0.285. The zero-order chi connectivity index (χ0) is 20.9. The van der Waals surface area contributed by atoms with E-state index in [-0.39, 0.29) is 5.91 Å².